The molecule has 4 heteroatoms. The van der Waals surface area contributed by atoms with E-state index in [2.05, 4.69) is 17.1 Å². The molecule has 0 aliphatic heterocycles. The highest BCUT2D eigenvalue weighted by molar-refractivity contribution is 5.81. The van der Waals surface area contributed by atoms with Crippen molar-refractivity contribution >= 4 is 5.91 Å². The minimum absolute atomic E-state index is 0.0435. The zero-order valence-corrected chi connectivity index (χ0v) is 10.6. The van der Waals surface area contributed by atoms with Gasteiger partial charge in [0.05, 0.1) is 6.04 Å². The molecule has 3 atom stereocenters. The highest BCUT2D eigenvalue weighted by Gasteiger charge is 2.19. The van der Waals surface area contributed by atoms with Crippen LogP contribution >= 0.6 is 0 Å². The summed E-state index contributed by atoms with van der Waals surface area (Å²) < 4.78 is 0. The lowest BCUT2D eigenvalue weighted by molar-refractivity contribution is -0.123. The zero-order valence-electron chi connectivity index (χ0n) is 10.6. The number of hydrogen-bond acceptors (Lipinski definition) is 3. The first-order chi connectivity index (χ1) is 6.90. The molecule has 0 aromatic rings. The molecule has 0 radical (unpaired) electrons. The average Bonchev–Trinajstić information content (AvgIpc) is 2.22. The monoisotopic (exact) mass is 215 g/mol. The fraction of sp³-hybridized carbons (Fsp3) is 0.909. The highest BCUT2D eigenvalue weighted by Crippen LogP contribution is 2.04. The van der Waals surface area contributed by atoms with Crippen molar-refractivity contribution in [1.29, 1.82) is 0 Å². The summed E-state index contributed by atoms with van der Waals surface area (Å²) in [5.41, 5.74) is 5.81. The molecule has 0 rings (SSSR count). The number of nitrogens with two attached hydrogens (primary N) is 1. The Bertz CT molecular complexity index is 194. The molecule has 3 N–H and O–H groups in total. The van der Waals surface area contributed by atoms with Crippen molar-refractivity contribution in [3.05, 3.63) is 0 Å². The number of carbonyl (C=O) groups is 1. The SMILES string of the molecule is CC[C@H](C)[C@H](N)C(=O)NCC(C)N(C)C. The summed E-state index contributed by atoms with van der Waals surface area (Å²) in [6, 6.07) is -0.0533. The van der Waals surface area contributed by atoms with Gasteiger partial charge in [0.15, 0.2) is 0 Å². The molecule has 0 aliphatic carbocycles. The van der Waals surface area contributed by atoms with Crippen LogP contribution in [0.25, 0.3) is 0 Å². The summed E-state index contributed by atoms with van der Waals surface area (Å²) in [6.45, 7) is 6.75. The molecule has 90 valence electrons. The summed E-state index contributed by atoms with van der Waals surface area (Å²) >= 11 is 0. The van der Waals surface area contributed by atoms with Crippen LogP contribution < -0.4 is 11.1 Å². The second-order valence-corrected chi connectivity index (χ2v) is 4.47. The molecular formula is C11H25N3O. The van der Waals surface area contributed by atoms with Crippen molar-refractivity contribution in [3.8, 4) is 0 Å². The largest absolute Gasteiger partial charge is 0.353 e. The van der Waals surface area contributed by atoms with Crippen LogP contribution in [-0.2, 0) is 4.79 Å². The van der Waals surface area contributed by atoms with E-state index in [9.17, 15) is 4.79 Å². The Hall–Kier alpha value is -0.610. The Morgan fingerprint density at radius 3 is 2.33 bits per heavy atom. The van der Waals surface area contributed by atoms with E-state index in [1.807, 2.05) is 27.9 Å². The van der Waals surface area contributed by atoms with Crippen LogP contribution in [0.4, 0.5) is 0 Å². The van der Waals surface area contributed by atoms with Gasteiger partial charge in [-0.1, -0.05) is 20.3 Å². The van der Waals surface area contributed by atoms with E-state index in [-0.39, 0.29) is 17.9 Å². The van der Waals surface area contributed by atoms with E-state index < -0.39 is 0 Å². The first-order valence-corrected chi connectivity index (χ1v) is 5.59. The maximum absolute atomic E-state index is 11.6. The maximum Gasteiger partial charge on any atom is 0.237 e. The molecule has 0 bridgehead atoms. The van der Waals surface area contributed by atoms with E-state index in [1.54, 1.807) is 0 Å². The van der Waals surface area contributed by atoms with E-state index in [1.165, 1.54) is 0 Å². The van der Waals surface area contributed by atoms with Crippen LogP contribution in [0, 0.1) is 5.92 Å². The first-order valence-electron chi connectivity index (χ1n) is 5.59. The van der Waals surface area contributed by atoms with Gasteiger partial charge < -0.3 is 16.0 Å². The molecule has 0 spiro atoms. The maximum atomic E-state index is 11.6. The number of likely N-dealkylation sites (N-methyl/N-ethyl adjacent to an activating group) is 1. The highest BCUT2D eigenvalue weighted by atomic mass is 16.2. The Morgan fingerprint density at radius 1 is 1.40 bits per heavy atom. The fourth-order valence-electron chi connectivity index (χ4n) is 1.06. The molecular weight excluding hydrogens is 190 g/mol. The Labute approximate surface area is 93.2 Å². The van der Waals surface area contributed by atoms with Gasteiger partial charge in [-0.05, 0) is 26.9 Å². The molecule has 1 unspecified atom stereocenters. The van der Waals surface area contributed by atoms with Crippen LogP contribution in [-0.4, -0.2) is 43.5 Å². The molecule has 0 aliphatic rings. The van der Waals surface area contributed by atoms with Gasteiger partial charge in [-0.15, -0.1) is 0 Å². The van der Waals surface area contributed by atoms with Gasteiger partial charge in [0.1, 0.15) is 0 Å². The number of hydrogen-bond donors (Lipinski definition) is 2. The molecule has 0 heterocycles. The van der Waals surface area contributed by atoms with Gasteiger partial charge in [0.2, 0.25) is 5.91 Å². The third-order valence-electron chi connectivity index (χ3n) is 3.01. The fourth-order valence-corrected chi connectivity index (χ4v) is 1.06. The van der Waals surface area contributed by atoms with Gasteiger partial charge in [-0.3, -0.25) is 4.79 Å². The summed E-state index contributed by atoms with van der Waals surface area (Å²) in [6.07, 6.45) is 0.928. The average molecular weight is 215 g/mol. The van der Waals surface area contributed by atoms with Gasteiger partial charge >= 0.3 is 0 Å². The number of amides is 1. The van der Waals surface area contributed by atoms with Gasteiger partial charge in [0, 0.05) is 12.6 Å². The van der Waals surface area contributed by atoms with Gasteiger partial charge in [-0.2, -0.15) is 0 Å². The van der Waals surface area contributed by atoms with Crippen LogP contribution in [0.1, 0.15) is 27.2 Å². The molecule has 0 aromatic carbocycles. The summed E-state index contributed by atoms with van der Waals surface area (Å²) in [4.78, 5) is 13.7. The van der Waals surface area contributed by atoms with Crippen LogP contribution in [0.3, 0.4) is 0 Å². The van der Waals surface area contributed by atoms with Crippen LogP contribution in [0.15, 0.2) is 0 Å². The van der Waals surface area contributed by atoms with E-state index >= 15 is 0 Å². The second-order valence-electron chi connectivity index (χ2n) is 4.47. The summed E-state index contributed by atoms with van der Waals surface area (Å²) in [5, 5.41) is 2.87. The van der Waals surface area contributed by atoms with Crippen LogP contribution in [0.5, 0.6) is 0 Å². The molecule has 0 saturated carbocycles. The topological polar surface area (TPSA) is 58.4 Å². The molecule has 15 heavy (non-hydrogen) atoms. The number of carbonyl (C=O) groups excluding carboxylic acids is 1. The number of nitrogens with zero attached hydrogens (tertiary/aromatic N) is 1. The molecule has 4 nitrogen and oxygen atoms in total. The normalized spacial score (nSPS) is 17.3. The van der Waals surface area contributed by atoms with Crippen molar-refractivity contribution < 1.29 is 4.79 Å². The first kappa shape index (κ1) is 14.4. The smallest absolute Gasteiger partial charge is 0.237 e. The lowest BCUT2D eigenvalue weighted by atomic mass is 9.99. The molecule has 0 saturated heterocycles. The van der Waals surface area contributed by atoms with Crippen molar-refractivity contribution in [2.75, 3.05) is 20.6 Å². The van der Waals surface area contributed by atoms with E-state index in [0.29, 0.717) is 12.6 Å². The zero-order chi connectivity index (χ0) is 12.0. The van der Waals surface area contributed by atoms with Crippen molar-refractivity contribution in [1.82, 2.24) is 10.2 Å². The van der Waals surface area contributed by atoms with Crippen LogP contribution in [0.2, 0.25) is 0 Å². The van der Waals surface area contributed by atoms with Gasteiger partial charge in [-0.25, -0.2) is 0 Å². The second kappa shape index (κ2) is 6.80. The predicted octanol–water partition coefficient (Wildman–Crippen LogP) is 0.426. The van der Waals surface area contributed by atoms with Crippen molar-refractivity contribution in [2.45, 2.75) is 39.3 Å². The number of rotatable bonds is 6. The summed E-state index contributed by atoms with van der Waals surface area (Å²) in [7, 11) is 3.98. The summed E-state index contributed by atoms with van der Waals surface area (Å²) in [5.74, 6) is 0.192. The molecule has 0 fully saturated rings. The minimum atomic E-state index is -0.385. The molecule has 1 amide bonds. The van der Waals surface area contributed by atoms with Crippen molar-refractivity contribution in [3.63, 3.8) is 0 Å². The van der Waals surface area contributed by atoms with Gasteiger partial charge in [0.25, 0.3) is 0 Å². The van der Waals surface area contributed by atoms with E-state index in [4.69, 9.17) is 5.73 Å². The Kier molecular flexibility index (Phi) is 6.52. The Balaban J connectivity index is 3.93. The lowest BCUT2D eigenvalue weighted by Crippen LogP contribution is -2.48. The number of nitrogens with one attached hydrogen (secondary N) is 1. The molecule has 0 aromatic heterocycles. The lowest BCUT2D eigenvalue weighted by Gasteiger charge is -2.22. The minimum Gasteiger partial charge on any atom is -0.353 e. The third kappa shape index (κ3) is 5.14. The Morgan fingerprint density at radius 2 is 1.93 bits per heavy atom. The quantitative estimate of drug-likeness (QED) is 0.675. The van der Waals surface area contributed by atoms with E-state index in [0.717, 1.165) is 6.42 Å². The third-order valence-corrected chi connectivity index (χ3v) is 3.01. The van der Waals surface area contributed by atoms with Crippen molar-refractivity contribution in [2.24, 2.45) is 11.7 Å². The predicted molar refractivity (Wildman–Crippen MR) is 63.6 cm³/mol. The standard InChI is InChI=1S/C11H25N3O/c1-6-8(2)10(12)11(15)13-7-9(3)14(4)5/h8-10H,6-7,12H2,1-5H3,(H,13,15)/t8-,9?,10-/m0/s1.